The van der Waals surface area contributed by atoms with E-state index in [1.165, 1.54) is 23.1 Å². The number of hydrogen-bond donors (Lipinski definition) is 1. The van der Waals surface area contributed by atoms with Crippen molar-refractivity contribution < 1.29 is 19.5 Å². The summed E-state index contributed by atoms with van der Waals surface area (Å²) in [6, 6.07) is 4.01. The molecular weight excluding hydrogens is 266 g/mol. The van der Waals surface area contributed by atoms with Gasteiger partial charge in [-0.15, -0.1) is 0 Å². The van der Waals surface area contributed by atoms with E-state index in [-0.39, 0.29) is 27.8 Å². The summed E-state index contributed by atoms with van der Waals surface area (Å²) in [7, 11) is 0. The van der Waals surface area contributed by atoms with Crippen LogP contribution in [0.1, 0.15) is 38.0 Å². The van der Waals surface area contributed by atoms with Crippen molar-refractivity contribution in [1.82, 2.24) is 4.90 Å². The van der Waals surface area contributed by atoms with Gasteiger partial charge < -0.3 is 5.11 Å². The predicted octanol–water partition coefficient (Wildman–Crippen LogP) is 1.73. The molecule has 0 aliphatic carbocycles. The third kappa shape index (κ3) is 2.35. The predicted molar refractivity (Wildman–Crippen MR) is 71.7 cm³/mol. The number of aromatic carboxylic acids is 1. The average molecular weight is 279 g/mol. The normalized spacial score (nSPS) is 15.6. The highest BCUT2D eigenvalue weighted by Crippen LogP contribution is 2.25. The Bertz CT molecular complexity index is 570. The quantitative estimate of drug-likeness (QED) is 0.850. The molecule has 0 saturated carbocycles. The second-order valence-electron chi connectivity index (χ2n) is 4.33. The minimum absolute atomic E-state index is 0.0136. The number of carbonyl (C=O) groups excluding carboxylic acids is 2. The topological polar surface area (TPSA) is 74.7 Å². The van der Waals surface area contributed by atoms with Gasteiger partial charge >= 0.3 is 5.97 Å². The summed E-state index contributed by atoms with van der Waals surface area (Å²) in [5, 5.41) is 9.04. The van der Waals surface area contributed by atoms with Gasteiger partial charge in [0.2, 0.25) is 0 Å². The third-order valence-electron chi connectivity index (χ3n) is 3.06. The van der Waals surface area contributed by atoms with Gasteiger partial charge in [-0.25, -0.2) is 4.79 Å². The number of benzene rings is 1. The molecule has 2 amide bonds. The molecule has 0 saturated heterocycles. The second-order valence-corrected chi connectivity index (χ2v) is 5.61. The first-order valence-corrected chi connectivity index (χ1v) is 7.00. The fourth-order valence-electron chi connectivity index (χ4n) is 1.92. The Morgan fingerprint density at radius 2 is 1.95 bits per heavy atom. The van der Waals surface area contributed by atoms with Gasteiger partial charge in [-0.1, -0.05) is 6.92 Å². The smallest absolute Gasteiger partial charge is 0.335 e. The lowest BCUT2D eigenvalue weighted by Crippen LogP contribution is -2.34. The van der Waals surface area contributed by atoms with Crippen LogP contribution in [0.15, 0.2) is 18.2 Å². The molecule has 1 N–H and O–H groups in total. The molecule has 5 nitrogen and oxygen atoms in total. The summed E-state index contributed by atoms with van der Waals surface area (Å²) in [5.41, 5.74) is 0.473. The molecule has 1 atom stereocenters. The molecule has 6 heteroatoms. The third-order valence-corrected chi connectivity index (χ3v) is 4.01. The van der Waals surface area contributed by atoms with Crippen LogP contribution in [0.3, 0.4) is 0 Å². The number of carboxylic acids is 1. The molecular formula is C13H13NO4S. The molecule has 0 fully saturated rings. The largest absolute Gasteiger partial charge is 0.478 e. The summed E-state index contributed by atoms with van der Waals surface area (Å²) in [5.74, 6) is -1.87. The van der Waals surface area contributed by atoms with Crippen molar-refractivity contribution in [2.24, 2.45) is 0 Å². The van der Waals surface area contributed by atoms with E-state index in [1.807, 2.05) is 13.2 Å². The molecule has 1 unspecified atom stereocenters. The Hall–Kier alpha value is -1.82. The van der Waals surface area contributed by atoms with Crippen molar-refractivity contribution >= 4 is 29.5 Å². The Balaban J connectivity index is 2.36. The number of thioether (sulfide) groups is 1. The molecule has 19 heavy (non-hydrogen) atoms. The highest BCUT2D eigenvalue weighted by atomic mass is 32.2. The summed E-state index contributed by atoms with van der Waals surface area (Å²) in [6.45, 7) is 2.26. The Kier molecular flexibility index (Phi) is 3.61. The second kappa shape index (κ2) is 5.05. The van der Waals surface area contributed by atoms with Crippen molar-refractivity contribution in [1.29, 1.82) is 0 Å². The molecule has 1 heterocycles. The van der Waals surface area contributed by atoms with Crippen LogP contribution in [0.2, 0.25) is 0 Å². The molecule has 1 aromatic rings. The maximum absolute atomic E-state index is 12.1. The van der Waals surface area contributed by atoms with Gasteiger partial charge in [0.15, 0.2) is 0 Å². The minimum atomic E-state index is -1.11. The summed E-state index contributed by atoms with van der Waals surface area (Å²) < 4.78 is 0. The van der Waals surface area contributed by atoms with Crippen molar-refractivity contribution in [2.75, 3.05) is 12.8 Å². The molecule has 0 aromatic heterocycles. The van der Waals surface area contributed by atoms with E-state index >= 15 is 0 Å². The maximum atomic E-state index is 12.1. The molecule has 2 rings (SSSR count). The van der Waals surface area contributed by atoms with Gasteiger partial charge in [0.05, 0.1) is 16.7 Å². The molecule has 0 radical (unpaired) electrons. The van der Waals surface area contributed by atoms with Gasteiger partial charge in [-0.05, 0) is 24.5 Å². The number of amides is 2. The van der Waals surface area contributed by atoms with Gasteiger partial charge in [0.25, 0.3) is 11.8 Å². The first-order chi connectivity index (χ1) is 8.95. The minimum Gasteiger partial charge on any atom is -0.478 e. The summed E-state index contributed by atoms with van der Waals surface area (Å²) in [6.07, 6.45) is 1.91. The van der Waals surface area contributed by atoms with Gasteiger partial charge in [0.1, 0.15) is 0 Å². The van der Waals surface area contributed by atoms with E-state index in [2.05, 4.69) is 0 Å². The number of hydrogen-bond acceptors (Lipinski definition) is 4. The van der Waals surface area contributed by atoms with Crippen molar-refractivity contribution in [3.63, 3.8) is 0 Å². The van der Waals surface area contributed by atoms with Gasteiger partial charge in [-0.2, -0.15) is 11.8 Å². The maximum Gasteiger partial charge on any atom is 0.335 e. The van der Waals surface area contributed by atoms with Crippen molar-refractivity contribution in [3.8, 4) is 0 Å². The van der Waals surface area contributed by atoms with Crippen molar-refractivity contribution in [2.45, 2.75) is 12.2 Å². The van der Waals surface area contributed by atoms with E-state index in [9.17, 15) is 14.4 Å². The number of imide groups is 1. The van der Waals surface area contributed by atoms with Crippen LogP contribution in [0, 0.1) is 0 Å². The van der Waals surface area contributed by atoms with E-state index in [0.717, 1.165) is 0 Å². The van der Waals surface area contributed by atoms with Crippen LogP contribution in [0.5, 0.6) is 0 Å². The monoisotopic (exact) mass is 279 g/mol. The van der Waals surface area contributed by atoms with Crippen LogP contribution >= 0.6 is 11.8 Å². The van der Waals surface area contributed by atoms with E-state index in [0.29, 0.717) is 6.54 Å². The van der Waals surface area contributed by atoms with Crippen molar-refractivity contribution in [3.05, 3.63) is 34.9 Å². The van der Waals surface area contributed by atoms with E-state index in [1.54, 1.807) is 11.8 Å². The first-order valence-electron chi connectivity index (χ1n) is 5.72. The summed E-state index contributed by atoms with van der Waals surface area (Å²) in [4.78, 5) is 36.3. The number of nitrogens with zero attached hydrogens (tertiary/aromatic N) is 1. The molecule has 100 valence electrons. The highest BCUT2D eigenvalue weighted by Gasteiger charge is 2.36. The van der Waals surface area contributed by atoms with Crippen LogP contribution in [-0.4, -0.2) is 45.8 Å². The van der Waals surface area contributed by atoms with E-state index < -0.39 is 11.9 Å². The zero-order valence-corrected chi connectivity index (χ0v) is 11.4. The number of carboxylic acid groups (broad SMARTS) is 1. The average Bonchev–Trinajstić information content (AvgIpc) is 2.63. The van der Waals surface area contributed by atoms with E-state index in [4.69, 9.17) is 5.11 Å². The Morgan fingerprint density at radius 3 is 2.53 bits per heavy atom. The number of rotatable bonds is 4. The number of carbonyl (C=O) groups is 3. The van der Waals surface area contributed by atoms with Gasteiger partial charge in [0, 0.05) is 11.8 Å². The molecule has 1 aliphatic rings. The highest BCUT2D eigenvalue weighted by molar-refractivity contribution is 7.99. The molecule has 1 aliphatic heterocycles. The lowest BCUT2D eigenvalue weighted by atomic mass is 10.1. The van der Waals surface area contributed by atoms with Crippen LogP contribution in [0.4, 0.5) is 0 Å². The fourth-order valence-corrected chi connectivity index (χ4v) is 2.22. The van der Waals surface area contributed by atoms with Crippen LogP contribution in [0.25, 0.3) is 0 Å². The zero-order chi connectivity index (χ0) is 14.2. The number of fused-ring (bicyclic) bond motifs is 1. The lowest BCUT2D eigenvalue weighted by molar-refractivity contribution is 0.0654. The SMILES string of the molecule is CSC(C)CN1C(=O)c2ccc(C(=O)O)cc2C1=O. The Labute approximate surface area is 114 Å². The summed E-state index contributed by atoms with van der Waals surface area (Å²) >= 11 is 1.56. The Morgan fingerprint density at radius 1 is 1.32 bits per heavy atom. The fraction of sp³-hybridized carbons (Fsp3) is 0.308. The standard InChI is InChI=1S/C13H13NO4S/c1-7(19-2)6-14-11(15)9-4-3-8(13(17)18)5-10(9)12(14)16/h3-5,7H,6H2,1-2H3,(H,17,18). The van der Waals surface area contributed by atoms with Gasteiger partial charge in [-0.3, -0.25) is 14.5 Å². The zero-order valence-electron chi connectivity index (χ0n) is 10.5. The molecule has 1 aromatic carbocycles. The first kappa shape index (κ1) is 13.6. The van der Waals surface area contributed by atoms with Crippen LogP contribution in [-0.2, 0) is 0 Å². The molecule has 0 bridgehead atoms. The lowest BCUT2D eigenvalue weighted by Gasteiger charge is -2.17. The van der Waals surface area contributed by atoms with Crippen LogP contribution < -0.4 is 0 Å². The molecule has 0 spiro atoms.